The molecule has 1 saturated carbocycles. The van der Waals surface area contributed by atoms with Gasteiger partial charge < -0.3 is 9.88 Å². The van der Waals surface area contributed by atoms with Gasteiger partial charge >= 0.3 is 0 Å². The molecule has 3 aromatic rings. The summed E-state index contributed by atoms with van der Waals surface area (Å²) in [6.07, 6.45) is 9.55. The van der Waals surface area contributed by atoms with Crippen LogP contribution in [0, 0.1) is 0 Å². The van der Waals surface area contributed by atoms with Crippen molar-refractivity contribution in [1.82, 2.24) is 24.7 Å². The number of nitrogens with zero attached hydrogens (tertiary/aromatic N) is 5. The molecule has 0 bridgehead atoms. The van der Waals surface area contributed by atoms with E-state index in [1.807, 2.05) is 17.7 Å². The molecule has 22 heavy (non-hydrogen) atoms. The zero-order chi connectivity index (χ0) is 14.5. The first kappa shape index (κ1) is 12.5. The molecular formula is C15H16N6S. The lowest BCUT2D eigenvalue weighted by atomic mass is 10.2. The SMILES string of the molecule is c1nc(NCc2nncn2C2CC2)c2c3c(sc2n1)CCC3. The lowest BCUT2D eigenvalue weighted by molar-refractivity contribution is 0.689. The molecule has 0 aromatic carbocycles. The Kier molecular flexibility index (Phi) is 2.70. The van der Waals surface area contributed by atoms with Crippen molar-refractivity contribution in [2.75, 3.05) is 5.32 Å². The molecule has 5 rings (SSSR count). The molecule has 2 aliphatic rings. The summed E-state index contributed by atoms with van der Waals surface area (Å²) < 4.78 is 2.18. The highest BCUT2D eigenvalue weighted by atomic mass is 32.1. The number of thiophene rings is 1. The third kappa shape index (κ3) is 1.92. The molecule has 2 aliphatic carbocycles. The third-order valence-electron chi connectivity index (χ3n) is 4.50. The van der Waals surface area contributed by atoms with Gasteiger partial charge in [-0.05, 0) is 37.7 Å². The molecule has 3 aromatic heterocycles. The Morgan fingerprint density at radius 1 is 1.27 bits per heavy atom. The van der Waals surface area contributed by atoms with Gasteiger partial charge in [-0.2, -0.15) is 0 Å². The third-order valence-corrected chi connectivity index (χ3v) is 5.70. The maximum Gasteiger partial charge on any atom is 0.152 e. The van der Waals surface area contributed by atoms with Crippen molar-refractivity contribution >= 4 is 27.4 Å². The van der Waals surface area contributed by atoms with E-state index in [9.17, 15) is 0 Å². The highest BCUT2D eigenvalue weighted by Gasteiger charge is 2.26. The second kappa shape index (κ2) is 4.74. The molecule has 1 fully saturated rings. The van der Waals surface area contributed by atoms with Gasteiger partial charge in [0.05, 0.1) is 11.9 Å². The van der Waals surface area contributed by atoms with Gasteiger partial charge in [0.1, 0.15) is 23.3 Å². The van der Waals surface area contributed by atoms with E-state index in [1.165, 1.54) is 41.5 Å². The first-order chi connectivity index (χ1) is 10.9. The Labute approximate surface area is 131 Å². The second-order valence-corrected chi connectivity index (χ2v) is 7.08. The number of hydrogen-bond donors (Lipinski definition) is 1. The lowest BCUT2D eigenvalue weighted by Gasteiger charge is -2.08. The van der Waals surface area contributed by atoms with Gasteiger partial charge in [0.2, 0.25) is 0 Å². The number of aromatic nitrogens is 5. The van der Waals surface area contributed by atoms with Crippen molar-refractivity contribution in [3.05, 3.63) is 28.9 Å². The fourth-order valence-corrected chi connectivity index (χ4v) is 4.51. The Bertz CT molecular complexity index is 847. The molecule has 112 valence electrons. The van der Waals surface area contributed by atoms with Crippen LogP contribution in [-0.2, 0) is 19.4 Å². The van der Waals surface area contributed by atoms with Gasteiger partial charge in [0.15, 0.2) is 5.82 Å². The summed E-state index contributed by atoms with van der Waals surface area (Å²) in [5.41, 5.74) is 1.45. The van der Waals surface area contributed by atoms with Crippen molar-refractivity contribution in [3.63, 3.8) is 0 Å². The van der Waals surface area contributed by atoms with E-state index in [0.29, 0.717) is 12.6 Å². The molecule has 6 nitrogen and oxygen atoms in total. The zero-order valence-electron chi connectivity index (χ0n) is 12.1. The maximum absolute atomic E-state index is 4.47. The molecule has 1 N–H and O–H groups in total. The molecule has 0 saturated heterocycles. The van der Waals surface area contributed by atoms with E-state index >= 15 is 0 Å². The number of anilines is 1. The van der Waals surface area contributed by atoms with E-state index in [2.05, 4.69) is 30.0 Å². The number of rotatable bonds is 4. The summed E-state index contributed by atoms with van der Waals surface area (Å²) in [6, 6.07) is 0.600. The van der Waals surface area contributed by atoms with E-state index in [-0.39, 0.29) is 0 Å². The molecule has 7 heteroatoms. The van der Waals surface area contributed by atoms with E-state index in [4.69, 9.17) is 0 Å². The number of fused-ring (bicyclic) bond motifs is 3. The first-order valence-electron chi connectivity index (χ1n) is 7.77. The summed E-state index contributed by atoms with van der Waals surface area (Å²) in [5.74, 6) is 1.93. The molecule has 0 atom stereocenters. The van der Waals surface area contributed by atoms with Gasteiger partial charge in [-0.3, -0.25) is 0 Å². The van der Waals surface area contributed by atoms with Crippen LogP contribution < -0.4 is 5.32 Å². The predicted molar refractivity (Wildman–Crippen MR) is 85.1 cm³/mol. The second-order valence-electron chi connectivity index (χ2n) is 6.00. The van der Waals surface area contributed by atoms with Gasteiger partial charge in [-0.1, -0.05) is 0 Å². The van der Waals surface area contributed by atoms with Gasteiger partial charge in [-0.25, -0.2) is 9.97 Å². The predicted octanol–water partition coefficient (Wildman–Crippen LogP) is 2.72. The summed E-state index contributed by atoms with van der Waals surface area (Å²) in [6.45, 7) is 0.660. The number of hydrogen-bond acceptors (Lipinski definition) is 6. The van der Waals surface area contributed by atoms with Crippen molar-refractivity contribution < 1.29 is 0 Å². The fourth-order valence-electron chi connectivity index (χ4n) is 3.28. The van der Waals surface area contributed by atoms with Crippen molar-refractivity contribution in [2.45, 2.75) is 44.7 Å². The molecule has 3 heterocycles. The molecule has 0 aliphatic heterocycles. The normalized spacial score (nSPS) is 17.1. The topological polar surface area (TPSA) is 68.5 Å². The average molecular weight is 312 g/mol. The quantitative estimate of drug-likeness (QED) is 0.802. The maximum atomic E-state index is 4.47. The van der Waals surface area contributed by atoms with Crippen LogP contribution in [0.2, 0.25) is 0 Å². The Balaban J connectivity index is 1.48. The Hall–Kier alpha value is -2.02. The largest absolute Gasteiger partial charge is 0.362 e. The van der Waals surface area contributed by atoms with Crippen LogP contribution in [-0.4, -0.2) is 24.7 Å². The van der Waals surface area contributed by atoms with E-state index in [1.54, 1.807) is 6.33 Å². The van der Waals surface area contributed by atoms with Crippen LogP contribution in [0.1, 0.15) is 41.6 Å². The summed E-state index contributed by atoms with van der Waals surface area (Å²) >= 11 is 1.82. The highest BCUT2D eigenvalue weighted by Crippen LogP contribution is 2.39. The molecule has 0 spiro atoms. The monoisotopic (exact) mass is 312 g/mol. The van der Waals surface area contributed by atoms with Gasteiger partial charge in [0, 0.05) is 10.9 Å². The highest BCUT2D eigenvalue weighted by molar-refractivity contribution is 7.19. The van der Waals surface area contributed by atoms with E-state index < -0.39 is 0 Å². The molecule has 0 amide bonds. The molecule has 0 radical (unpaired) electrons. The first-order valence-corrected chi connectivity index (χ1v) is 8.59. The van der Waals surface area contributed by atoms with Crippen LogP contribution >= 0.6 is 11.3 Å². The number of nitrogens with one attached hydrogen (secondary N) is 1. The van der Waals surface area contributed by atoms with Gasteiger partial charge in [-0.15, -0.1) is 21.5 Å². The Morgan fingerprint density at radius 2 is 2.23 bits per heavy atom. The standard InChI is InChI=1S/C15H16N6S/c1-2-10-11(3-1)22-15-13(10)14(17-7-18-15)16-6-12-20-19-8-21(12)9-4-5-9/h7-9H,1-6H2,(H,16,17,18). The van der Waals surface area contributed by atoms with Crippen molar-refractivity contribution in [2.24, 2.45) is 0 Å². The van der Waals surface area contributed by atoms with Crippen LogP contribution in [0.3, 0.4) is 0 Å². The molecule has 0 unspecified atom stereocenters. The fraction of sp³-hybridized carbons (Fsp3) is 0.467. The van der Waals surface area contributed by atoms with Gasteiger partial charge in [0.25, 0.3) is 0 Å². The minimum Gasteiger partial charge on any atom is -0.362 e. The smallest absolute Gasteiger partial charge is 0.152 e. The van der Waals surface area contributed by atoms with Crippen LogP contribution in [0.15, 0.2) is 12.7 Å². The Morgan fingerprint density at radius 3 is 3.14 bits per heavy atom. The van der Waals surface area contributed by atoms with Crippen molar-refractivity contribution in [1.29, 1.82) is 0 Å². The summed E-state index contributed by atoms with van der Waals surface area (Å²) in [7, 11) is 0. The average Bonchev–Trinajstić information content (AvgIpc) is 2.96. The minimum atomic E-state index is 0.600. The zero-order valence-corrected chi connectivity index (χ0v) is 12.9. The van der Waals surface area contributed by atoms with Crippen molar-refractivity contribution in [3.8, 4) is 0 Å². The summed E-state index contributed by atoms with van der Waals surface area (Å²) in [4.78, 5) is 11.5. The van der Waals surface area contributed by atoms with Crippen LogP contribution in [0.4, 0.5) is 5.82 Å². The van der Waals surface area contributed by atoms with Crippen LogP contribution in [0.25, 0.3) is 10.2 Å². The van der Waals surface area contributed by atoms with E-state index in [0.717, 1.165) is 22.9 Å². The van der Waals surface area contributed by atoms with Crippen LogP contribution in [0.5, 0.6) is 0 Å². The number of aryl methyl sites for hydroxylation is 2. The summed E-state index contributed by atoms with van der Waals surface area (Å²) in [5, 5.41) is 13.0. The minimum absolute atomic E-state index is 0.600. The lowest BCUT2D eigenvalue weighted by Crippen LogP contribution is -2.09. The molecular weight excluding hydrogens is 296 g/mol.